The lowest BCUT2D eigenvalue weighted by molar-refractivity contribution is 0.0625. The molecule has 0 aliphatic carbocycles. The van der Waals surface area contributed by atoms with E-state index >= 15 is 0 Å². The molecule has 0 aromatic heterocycles. The molecule has 1 aliphatic heterocycles. The summed E-state index contributed by atoms with van der Waals surface area (Å²) in [6.07, 6.45) is 0.298. The Hall–Kier alpha value is -0.900. The van der Waals surface area contributed by atoms with Gasteiger partial charge in [0.05, 0.1) is 32.0 Å². The van der Waals surface area contributed by atoms with Gasteiger partial charge in [-0.05, 0) is 25.0 Å². The van der Waals surface area contributed by atoms with E-state index in [1.165, 1.54) is 11.1 Å². The lowest BCUT2D eigenvalue weighted by Crippen LogP contribution is -2.32. The molecule has 2 rings (SSSR count). The van der Waals surface area contributed by atoms with Crippen LogP contribution in [0.2, 0.25) is 0 Å². The van der Waals surface area contributed by atoms with Crippen LogP contribution in [0.4, 0.5) is 0 Å². The standard InChI is InChI=1S/C14H21NO2/c1-11(2)17-8-7-15-14-10-16-9-12-5-3-4-6-13(12)14/h3-6,11,14-15H,7-10H2,1-2H3. The van der Waals surface area contributed by atoms with Gasteiger partial charge in [-0.3, -0.25) is 0 Å². The number of benzene rings is 1. The second-order valence-electron chi connectivity index (χ2n) is 4.64. The summed E-state index contributed by atoms with van der Waals surface area (Å²) in [5.41, 5.74) is 2.66. The van der Waals surface area contributed by atoms with Crippen molar-refractivity contribution < 1.29 is 9.47 Å². The van der Waals surface area contributed by atoms with Gasteiger partial charge < -0.3 is 14.8 Å². The normalized spacial score (nSPS) is 19.4. The zero-order valence-electron chi connectivity index (χ0n) is 10.6. The first-order valence-corrected chi connectivity index (χ1v) is 6.28. The van der Waals surface area contributed by atoms with Gasteiger partial charge in [0.1, 0.15) is 0 Å². The third-order valence-corrected chi connectivity index (χ3v) is 2.92. The minimum absolute atomic E-state index is 0.298. The van der Waals surface area contributed by atoms with Crippen molar-refractivity contribution in [3.8, 4) is 0 Å². The lowest BCUT2D eigenvalue weighted by Gasteiger charge is -2.26. The molecule has 1 aromatic rings. The number of rotatable bonds is 5. The average molecular weight is 235 g/mol. The van der Waals surface area contributed by atoms with Gasteiger partial charge in [-0.25, -0.2) is 0 Å². The van der Waals surface area contributed by atoms with Crippen LogP contribution in [0.1, 0.15) is 31.0 Å². The highest BCUT2D eigenvalue weighted by atomic mass is 16.5. The van der Waals surface area contributed by atoms with E-state index in [0.29, 0.717) is 12.1 Å². The Morgan fingerprint density at radius 1 is 1.41 bits per heavy atom. The van der Waals surface area contributed by atoms with Crippen molar-refractivity contribution in [2.45, 2.75) is 32.6 Å². The van der Waals surface area contributed by atoms with Crippen LogP contribution in [0.15, 0.2) is 24.3 Å². The van der Waals surface area contributed by atoms with Crippen molar-refractivity contribution >= 4 is 0 Å². The highest BCUT2D eigenvalue weighted by molar-refractivity contribution is 5.30. The van der Waals surface area contributed by atoms with Crippen LogP contribution in [0.3, 0.4) is 0 Å². The minimum Gasteiger partial charge on any atom is -0.377 e. The number of ether oxygens (including phenoxy) is 2. The molecule has 1 atom stereocenters. The van der Waals surface area contributed by atoms with E-state index in [0.717, 1.165) is 26.4 Å². The smallest absolute Gasteiger partial charge is 0.0721 e. The molecule has 3 nitrogen and oxygen atoms in total. The van der Waals surface area contributed by atoms with Crippen molar-refractivity contribution in [2.75, 3.05) is 19.8 Å². The van der Waals surface area contributed by atoms with E-state index in [4.69, 9.17) is 9.47 Å². The van der Waals surface area contributed by atoms with Crippen molar-refractivity contribution in [1.82, 2.24) is 5.32 Å². The number of hydrogen-bond acceptors (Lipinski definition) is 3. The maximum atomic E-state index is 5.58. The molecule has 1 unspecified atom stereocenters. The molecule has 0 fully saturated rings. The highest BCUT2D eigenvalue weighted by Gasteiger charge is 2.19. The summed E-state index contributed by atoms with van der Waals surface area (Å²) in [7, 11) is 0. The van der Waals surface area contributed by atoms with E-state index in [2.05, 4.69) is 43.4 Å². The Labute approximate surface area is 103 Å². The number of nitrogens with one attached hydrogen (secondary N) is 1. The van der Waals surface area contributed by atoms with Gasteiger partial charge in [-0.2, -0.15) is 0 Å². The van der Waals surface area contributed by atoms with E-state index in [9.17, 15) is 0 Å². The van der Waals surface area contributed by atoms with Crippen LogP contribution in [0, 0.1) is 0 Å². The summed E-state index contributed by atoms with van der Waals surface area (Å²) in [5, 5.41) is 3.48. The molecule has 1 aromatic carbocycles. The van der Waals surface area contributed by atoms with E-state index in [1.807, 2.05) is 0 Å². The second-order valence-corrected chi connectivity index (χ2v) is 4.64. The van der Waals surface area contributed by atoms with Crippen LogP contribution in [0.5, 0.6) is 0 Å². The Morgan fingerprint density at radius 3 is 3.06 bits per heavy atom. The van der Waals surface area contributed by atoms with Crippen LogP contribution in [-0.4, -0.2) is 25.9 Å². The quantitative estimate of drug-likeness (QED) is 0.794. The maximum absolute atomic E-state index is 5.58. The van der Waals surface area contributed by atoms with Crippen molar-refractivity contribution in [3.05, 3.63) is 35.4 Å². The molecule has 1 heterocycles. The summed E-state index contributed by atoms with van der Waals surface area (Å²) in [6, 6.07) is 8.76. The van der Waals surface area contributed by atoms with E-state index < -0.39 is 0 Å². The molecule has 94 valence electrons. The summed E-state index contributed by atoms with van der Waals surface area (Å²) in [6.45, 7) is 7.20. The van der Waals surface area contributed by atoms with Crippen LogP contribution in [0.25, 0.3) is 0 Å². The van der Waals surface area contributed by atoms with Crippen LogP contribution >= 0.6 is 0 Å². The van der Waals surface area contributed by atoms with Gasteiger partial charge in [0, 0.05) is 6.54 Å². The van der Waals surface area contributed by atoms with Gasteiger partial charge in [0.25, 0.3) is 0 Å². The van der Waals surface area contributed by atoms with Crippen molar-refractivity contribution in [2.24, 2.45) is 0 Å². The van der Waals surface area contributed by atoms with Crippen molar-refractivity contribution in [3.63, 3.8) is 0 Å². The molecule has 0 bridgehead atoms. The lowest BCUT2D eigenvalue weighted by atomic mass is 9.99. The number of fused-ring (bicyclic) bond motifs is 1. The van der Waals surface area contributed by atoms with Gasteiger partial charge >= 0.3 is 0 Å². The summed E-state index contributed by atoms with van der Waals surface area (Å²) < 4.78 is 11.1. The number of hydrogen-bond donors (Lipinski definition) is 1. The van der Waals surface area contributed by atoms with Crippen LogP contribution < -0.4 is 5.32 Å². The van der Waals surface area contributed by atoms with Gasteiger partial charge in [0.15, 0.2) is 0 Å². The maximum Gasteiger partial charge on any atom is 0.0721 e. The third kappa shape index (κ3) is 3.53. The van der Waals surface area contributed by atoms with E-state index in [1.54, 1.807) is 0 Å². The summed E-state index contributed by atoms with van der Waals surface area (Å²) >= 11 is 0. The van der Waals surface area contributed by atoms with Gasteiger partial charge in [-0.1, -0.05) is 24.3 Å². The Balaban J connectivity index is 1.86. The molecule has 1 N–H and O–H groups in total. The predicted molar refractivity (Wildman–Crippen MR) is 67.9 cm³/mol. The SMILES string of the molecule is CC(C)OCCNC1COCc2ccccc21. The molecule has 0 spiro atoms. The molecule has 0 saturated heterocycles. The summed E-state index contributed by atoms with van der Waals surface area (Å²) in [4.78, 5) is 0. The Morgan fingerprint density at radius 2 is 2.24 bits per heavy atom. The molecule has 3 heteroatoms. The molecular weight excluding hydrogens is 214 g/mol. The van der Waals surface area contributed by atoms with E-state index in [-0.39, 0.29) is 0 Å². The fourth-order valence-corrected chi connectivity index (χ4v) is 2.08. The summed E-state index contributed by atoms with van der Waals surface area (Å²) in [5.74, 6) is 0. The topological polar surface area (TPSA) is 30.5 Å². The molecular formula is C14H21NO2. The first-order chi connectivity index (χ1) is 8.27. The first kappa shape index (κ1) is 12.6. The molecule has 1 aliphatic rings. The Kier molecular flexibility index (Phi) is 4.54. The fraction of sp³-hybridized carbons (Fsp3) is 0.571. The molecule has 0 amide bonds. The molecule has 0 radical (unpaired) electrons. The largest absolute Gasteiger partial charge is 0.377 e. The zero-order chi connectivity index (χ0) is 12.1. The monoisotopic (exact) mass is 235 g/mol. The third-order valence-electron chi connectivity index (χ3n) is 2.92. The highest BCUT2D eigenvalue weighted by Crippen LogP contribution is 2.23. The average Bonchev–Trinajstić information content (AvgIpc) is 2.34. The molecule has 0 saturated carbocycles. The second kappa shape index (κ2) is 6.15. The predicted octanol–water partition coefficient (Wildman–Crippen LogP) is 2.27. The van der Waals surface area contributed by atoms with Gasteiger partial charge in [-0.15, -0.1) is 0 Å². The van der Waals surface area contributed by atoms with Crippen LogP contribution in [-0.2, 0) is 16.1 Å². The first-order valence-electron chi connectivity index (χ1n) is 6.28. The minimum atomic E-state index is 0.298. The Bertz CT molecular complexity index is 352. The van der Waals surface area contributed by atoms with Crippen molar-refractivity contribution in [1.29, 1.82) is 0 Å². The fourth-order valence-electron chi connectivity index (χ4n) is 2.08. The van der Waals surface area contributed by atoms with Gasteiger partial charge in [0.2, 0.25) is 0 Å². The molecule has 17 heavy (non-hydrogen) atoms. The zero-order valence-corrected chi connectivity index (χ0v) is 10.6.